The van der Waals surface area contributed by atoms with Crippen LogP contribution in [0.15, 0.2) is 48.0 Å². The second-order valence-corrected chi connectivity index (χ2v) is 7.28. The highest BCUT2D eigenvalue weighted by molar-refractivity contribution is 6.32. The molecule has 0 saturated carbocycles. The largest absolute Gasteiger partial charge is 0.490 e. The van der Waals surface area contributed by atoms with E-state index in [9.17, 15) is 10.1 Å². The van der Waals surface area contributed by atoms with Crippen LogP contribution >= 0.6 is 11.6 Å². The molecule has 6 heteroatoms. The van der Waals surface area contributed by atoms with E-state index in [0.717, 1.165) is 12.0 Å². The molecule has 0 bridgehead atoms. The molecule has 2 aromatic carbocycles. The Bertz CT molecular complexity index is 935. The second kappa shape index (κ2) is 11.3. The highest BCUT2D eigenvalue weighted by atomic mass is 35.5. The molecule has 2 atom stereocenters. The van der Waals surface area contributed by atoms with Gasteiger partial charge in [0.15, 0.2) is 11.5 Å². The number of nitrogens with one attached hydrogen (secondary N) is 1. The fourth-order valence-corrected chi connectivity index (χ4v) is 3.01. The number of hydrogen-bond acceptors (Lipinski definition) is 4. The standard InChI is InChI=1S/C24H27ClN2O3/c1-5-16(3)30-23-21(25)13-18(14-22(23)29-6-2)12-20(15-26)24(28)27-17(4)19-10-8-7-9-11-19/h7-14,16-17H,5-6H2,1-4H3,(H,27,28)/b20-12-/t16-,17+/m0/s1. The van der Waals surface area contributed by atoms with Gasteiger partial charge in [-0.05, 0) is 56.5 Å². The van der Waals surface area contributed by atoms with Gasteiger partial charge in [0.1, 0.15) is 11.6 Å². The van der Waals surface area contributed by atoms with Gasteiger partial charge in [-0.15, -0.1) is 0 Å². The summed E-state index contributed by atoms with van der Waals surface area (Å²) >= 11 is 6.42. The van der Waals surface area contributed by atoms with Crippen LogP contribution in [0, 0.1) is 11.3 Å². The van der Waals surface area contributed by atoms with E-state index < -0.39 is 5.91 Å². The van der Waals surface area contributed by atoms with Crippen molar-refractivity contribution in [2.24, 2.45) is 0 Å². The number of benzene rings is 2. The van der Waals surface area contributed by atoms with Crippen LogP contribution in [0.1, 0.15) is 51.3 Å². The van der Waals surface area contributed by atoms with Crippen LogP contribution in [0.25, 0.3) is 6.08 Å². The van der Waals surface area contributed by atoms with E-state index in [1.54, 1.807) is 12.1 Å². The molecule has 0 aromatic heterocycles. The second-order valence-electron chi connectivity index (χ2n) is 6.88. The van der Waals surface area contributed by atoms with E-state index in [4.69, 9.17) is 21.1 Å². The molecule has 0 saturated heterocycles. The minimum absolute atomic E-state index is 0.0214. The average molecular weight is 427 g/mol. The van der Waals surface area contributed by atoms with Gasteiger partial charge < -0.3 is 14.8 Å². The lowest BCUT2D eigenvalue weighted by Gasteiger charge is -2.18. The zero-order chi connectivity index (χ0) is 22.1. The number of nitriles is 1. The average Bonchev–Trinajstić information content (AvgIpc) is 2.74. The third kappa shape index (κ3) is 6.27. The summed E-state index contributed by atoms with van der Waals surface area (Å²) in [7, 11) is 0. The summed E-state index contributed by atoms with van der Waals surface area (Å²) in [5.41, 5.74) is 1.52. The predicted octanol–water partition coefficient (Wildman–Crippen LogP) is 5.70. The van der Waals surface area contributed by atoms with Gasteiger partial charge in [0.25, 0.3) is 5.91 Å². The maximum atomic E-state index is 12.6. The van der Waals surface area contributed by atoms with Gasteiger partial charge in [-0.1, -0.05) is 48.9 Å². The van der Waals surface area contributed by atoms with Gasteiger partial charge in [0.2, 0.25) is 0 Å². The van der Waals surface area contributed by atoms with Crippen LogP contribution < -0.4 is 14.8 Å². The summed E-state index contributed by atoms with van der Waals surface area (Å²) in [5.74, 6) is 0.487. The molecule has 0 radical (unpaired) electrons. The van der Waals surface area contributed by atoms with Gasteiger partial charge in [0.05, 0.1) is 23.8 Å². The Hall–Kier alpha value is -2.97. The summed E-state index contributed by atoms with van der Waals surface area (Å²) in [4.78, 5) is 12.6. The smallest absolute Gasteiger partial charge is 0.262 e. The molecule has 0 spiro atoms. The molecule has 2 aromatic rings. The van der Waals surface area contributed by atoms with Crippen LogP contribution in [0.3, 0.4) is 0 Å². The first-order valence-corrected chi connectivity index (χ1v) is 10.4. The van der Waals surface area contributed by atoms with Crippen molar-refractivity contribution in [2.75, 3.05) is 6.61 Å². The van der Waals surface area contributed by atoms with E-state index in [-0.39, 0.29) is 17.7 Å². The number of amides is 1. The molecule has 2 rings (SSSR count). The summed E-state index contributed by atoms with van der Waals surface area (Å²) < 4.78 is 11.6. The Morgan fingerprint density at radius 1 is 1.23 bits per heavy atom. The summed E-state index contributed by atoms with van der Waals surface area (Å²) in [6, 6.07) is 14.7. The van der Waals surface area contributed by atoms with Crippen molar-refractivity contribution >= 4 is 23.6 Å². The first-order chi connectivity index (χ1) is 14.4. The highest BCUT2D eigenvalue weighted by Crippen LogP contribution is 2.38. The summed E-state index contributed by atoms with van der Waals surface area (Å²) in [6.07, 6.45) is 2.29. The summed E-state index contributed by atoms with van der Waals surface area (Å²) in [6.45, 7) is 8.13. The fourth-order valence-electron chi connectivity index (χ4n) is 2.75. The number of nitrogens with zero attached hydrogens (tertiary/aromatic N) is 1. The molecule has 0 heterocycles. The number of rotatable bonds is 9. The van der Waals surface area contributed by atoms with Gasteiger partial charge in [-0.3, -0.25) is 4.79 Å². The van der Waals surface area contributed by atoms with Gasteiger partial charge >= 0.3 is 0 Å². The molecule has 0 aliphatic rings. The molecule has 1 N–H and O–H groups in total. The van der Waals surface area contributed by atoms with Crippen molar-refractivity contribution in [3.8, 4) is 17.6 Å². The van der Waals surface area contributed by atoms with Crippen molar-refractivity contribution in [1.82, 2.24) is 5.32 Å². The molecule has 0 unspecified atom stereocenters. The van der Waals surface area contributed by atoms with Gasteiger partial charge in [-0.2, -0.15) is 5.26 Å². The minimum Gasteiger partial charge on any atom is -0.490 e. The molecular formula is C24H27ClN2O3. The lowest BCUT2D eigenvalue weighted by atomic mass is 10.1. The maximum absolute atomic E-state index is 12.6. The van der Waals surface area contributed by atoms with Crippen molar-refractivity contribution in [3.05, 3.63) is 64.2 Å². The first kappa shape index (κ1) is 23.3. The van der Waals surface area contributed by atoms with Crippen molar-refractivity contribution in [2.45, 2.75) is 46.3 Å². The van der Waals surface area contributed by atoms with E-state index in [1.165, 1.54) is 6.08 Å². The van der Waals surface area contributed by atoms with E-state index >= 15 is 0 Å². The summed E-state index contributed by atoms with van der Waals surface area (Å²) in [5, 5.41) is 12.7. The Balaban J connectivity index is 2.29. The van der Waals surface area contributed by atoms with Crippen LogP contribution in [0.2, 0.25) is 5.02 Å². The fraction of sp³-hybridized carbons (Fsp3) is 0.333. The molecule has 0 fully saturated rings. The van der Waals surface area contributed by atoms with Gasteiger partial charge in [0, 0.05) is 0 Å². The molecule has 5 nitrogen and oxygen atoms in total. The lowest BCUT2D eigenvalue weighted by Crippen LogP contribution is -2.27. The maximum Gasteiger partial charge on any atom is 0.262 e. The van der Waals surface area contributed by atoms with E-state index in [0.29, 0.717) is 28.7 Å². The molecule has 30 heavy (non-hydrogen) atoms. The third-order valence-corrected chi connectivity index (χ3v) is 4.83. The van der Waals surface area contributed by atoms with Crippen molar-refractivity contribution in [1.29, 1.82) is 5.26 Å². The number of hydrogen-bond donors (Lipinski definition) is 1. The van der Waals surface area contributed by atoms with E-state index in [2.05, 4.69) is 5.32 Å². The molecule has 158 valence electrons. The number of halogens is 1. The Morgan fingerprint density at radius 3 is 2.53 bits per heavy atom. The van der Waals surface area contributed by atoms with Crippen molar-refractivity contribution < 1.29 is 14.3 Å². The molecular weight excluding hydrogens is 400 g/mol. The monoisotopic (exact) mass is 426 g/mol. The Labute approximate surface area is 183 Å². The third-order valence-electron chi connectivity index (χ3n) is 4.55. The van der Waals surface area contributed by atoms with Crippen molar-refractivity contribution in [3.63, 3.8) is 0 Å². The predicted molar refractivity (Wildman–Crippen MR) is 120 cm³/mol. The normalized spacial score (nSPS) is 13.1. The quantitative estimate of drug-likeness (QED) is 0.412. The highest BCUT2D eigenvalue weighted by Gasteiger charge is 2.17. The zero-order valence-corrected chi connectivity index (χ0v) is 18.5. The first-order valence-electron chi connectivity index (χ1n) is 10.00. The molecule has 0 aliphatic heterocycles. The van der Waals surface area contributed by atoms with Gasteiger partial charge in [-0.25, -0.2) is 0 Å². The van der Waals surface area contributed by atoms with Crippen LogP contribution in [-0.2, 0) is 4.79 Å². The number of carbonyl (C=O) groups is 1. The van der Waals surface area contributed by atoms with Crippen LogP contribution in [0.4, 0.5) is 0 Å². The Kier molecular flexibility index (Phi) is 8.76. The minimum atomic E-state index is -0.456. The lowest BCUT2D eigenvalue weighted by molar-refractivity contribution is -0.117. The van der Waals surface area contributed by atoms with Crippen LogP contribution in [-0.4, -0.2) is 18.6 Å². The van der Waals surface area contributed by atoms with E-state index in [1.807, 2.05) is 64.1 Å². The number of carbonyl (C=O) groups excluding carboxylic acids is 1. The SMILES string of the molecule is CCOc1cc(/C=C(/C#N)C(=O)N[C@H](C)c2ccccc2)cc(Cl)c1O[C@@H](C)CC. The number of ether oxygens (including phenoxy) is 2. The molecule has 1 amide bonds. The topological polar surface area (TPSA) is 71.3 Å². The zero-order valence-electron chi connectivity index (χ0n) is 17.7. The van der Waals surface area contributed by atoms with Crippen LogP contribution in [0.5, 0.6) is 11.5 Å². The Morgan fingerprint density at radius 2 is 1.93 bits per heavy atom. The molecule has 0 aliphatic carbocycles.